The van der Waals surface area contributed by atoms with Crippen LogP contribution in [0.4, 0.5) is 0 Å². The van der Waals surface area contributed by atoms with Gasteiger partial charge in [-0.25, -0.2) is 4.98 Å². The lowest BCUT2D eigenvalue weighted by atomic mass is 10.0. The summed E-state index contributed by atoms with van der Waals surface area (Å²) in [5, 5.41) is 3.23. The van der Waals surface area contributed by atoms with E-state index in [1.807, 2.05) is 54.8 Å². The standard InChI is InChI=1S/C21H17ClN2O2S/c1-12-6-7-17(26-2)15(8-12)16-11-27-21-19(16)20(25)23-18(24-21)10-13-4-3-5-14(22)9-13/h3-9,11H,10H2,1-2H3,(H,23,24,25). The smallest absolute Gasteiger partial charge is 0.260 e. The first-order valence-corrected chi connectivity index (χ1v) is 9.71. The third kappa shape index (κ3) is 3.48. The number of nitrogens with one attached hydrogen (secondary N) is 1. The van der Waals surface area contributed by atoms with Crippen molar-refractivity contribution < 1.29 is 4.74 Å². The molecule has 2 aromatic heterocycles. The van der Waals surface area contributed by atoms with Crippen LogP contribution in [-0.4, -0.2) is 17.1 Å². The number of aromatic amines is 1. The maximum absolute atomic E-state index is 12.8. The first-order valence-electron chi connectivity index (χ1n) is 8.45. The normalized spacial score (nSPS) is 11.1. The Bertz CT molecular complexity index is 1200. The van der Waals surface area contributed by atoms with Crippen LogP contribution in [-0.2, 0) is 6.42 Å². The predicted molar refractivity (Wildman–Crippen MR) is 111 cm³/mol. The van der Waals surface area contributed by atoms with Gasteiger partial charge in [-0.05, 0) is 36.8 Å². The molecule has 0 aliphatic carbocycles. The van der Waals surface area contributed by atoms with E-state index in [1.54, 1.807) is 7.11 Å². The highest BCUT2D eigenvalue weighted by Gasteiger charge is 2.16. The monoisotopic (exact) mass is 396 g/mol. The van der Waals surface area contributed by atoms with Crippen molar-refractivity contribution in [1.29, 1.82) is 0 Å². The molecule has 2 aromatic carbocycles. The summed E-state index contributed by atoms with van der Waals surface area (Å²) < 4.78 is 5.49. The third-order valence-corrected chi connectivity index (χ3v) is 5.51. The molecular formula is C21H17ClN2O2S. The van der Waals surface area contributed by atoms with Crippen LogP contribution < -0.4 is 10.3 Å². The summed E-state index contributed by atoms with van der Waals surface area (Å²) in [6.45, 7) is 2.02. The molecule has 0 spiro atoms. The molecule has 0 unspecified atom stereocenters. The number of nitrogens with zero attached hydrogens (tertiary/aromatic N) is 1. The maximum atomic E-state index is 12.8. The van der Waals surface area contributed by atoms with E-state index >= 15 is 0 Å². The van der Waals surface area contributed by atoms with E-state index in [0.717, 1.165) is 28.0 Å². The molecule has 0 saturated heterocycles. The second kappa shape index (κ2) is 7.18. The topological polar surface area (TPSA) is 55.0 Å². The summed E-state index contributed by atoms with van der Waals surface area (Å²) in [4.78, 5) is 21.1. The molecule has 0 amide bonds. The van der Waals surface area contributed by atoms with Crippen LogP contribution in [0.5, 0.6) is 5.75 Å². The Morgan fingerprint density at radius 3 is 2.81 bits per heavy atom. The number of methoxy groups -OCH3 is 1. The van der Waals surface area contributed by atoms with Crippen LogP contribution in [0.3, 0.4) is 0 Å². The van der Waals surface area contributed by atoms with Gasteiger partial charge in [0.1, 0.15) is 16.4 Å². The van der Waals surface area contributed by atoms with Crippen molar-refractivity contribution in [1.82, 2.24) is 9.97 Å². The lowest BCUT2D eigenvalue weighted by molar-refractivity contribution is 0.416. The molecule has 0 fully saturated rings. The minimum Gasteiger partial charge on any atom is -0.496 e. The summed E-state index contributed by atoms with van der Waals surface area (Å²) in [7, 11) is 1.63. The number of halogens is 1. The second-order valence-electron chi connectivity index (χ2n) is 6.35. The van der Waals surface area contributed by atoms with Crippen molar-refractivity contribution in [3.63, 3.8) is 0 Å². The van der Waals surface area contributed by atoms with Gasteiger partial charge in [0.05, 0.1) is 12.5 Å². The fraction of sp³-hybridized carbons (Fsp3) is 0.143. The van der Waals surface area contributed by atoms with Crippen molar-refractivity contribution in [3.8, 4) is 16.9 Å². The van der Waals surface area contributed by atoms with E-state index in [2.05, 4.69) is 9.97 Å². The molecule has 2 heterocycles. The van der Waals surface area contributed by atoms with Gasteiger partial charge in [-0.15, -0.1) is 11.3 Å². The van der Waals surface area contributed by atoms with Gasteiger partial charge in [0.2, 0.25) is 0 Å². The third-order valence-electron chi connectivity index (χ3n) is 4.40. The van der Waals surface area contributed by atoms with E-state index in [1.165, 1.54) is 11.3 Å². The number of aromatic nitrogens is 2. The van der Waals surface area contributed by atoms with Gasteiger partial charge in [0, 0.05) is 28.0 Å². The van der Waals surface area contributed by atoms with E-state index in [-0.39, 0.29) is 5.56 Å². The molecule has 0 aliphatic rings. The number of hydrogen-bond acceptors (Lipinski definition) is 4. The molecule has 4 nitrogen and oxygen atoms in total. The van der Waals surface area contributed by atoms with Gasteiger partial charge < -0.3 is 9.72 Å². The first-order chi connectivity index (χ1) is 13.0. The minimum absolute atomic E-state index is 0.142. The lowest BCUT2D eigenvalue weighted by Crippen LogP contribution is -2.11. The number of rotatable bonds is 4. The number of ether oxygens (including phenoxy) is 1. The van der Waals surface area contributed by atoms with Crippen molar-refractivity contribution in [3.05, 3.63) is 80.2 Å². The van der Waals surface area contributed by atoms with E-state index in [4.69, 9.17) is 16.3 Å². The SMILES string of the molecule is COc1ccc(C)cc1-c1csc2nc(Cc3cccc(Cl)c3)[nH]c(=O)c12. The van der Waals surface area contributed by atoms with Crippen molar-refractivity contribution >= 4 is 33.2 Å². The van der Waals surface area contributed by atoms with E-state index in [0.29, 0.717) is 27.5 Å². The van der Waals surface area contributed by atoms with Gasteiger partial charge in [-0.2, -0.15) is 0 Å². The number of H-pyrrole nitrogens is 1. The molecule has 6 heteroatoms. The zero-order valence-corrected chi connectivity index (χ0v) is 16.4. The largest absolute Gasteiger partial charge is 0.496 e. The zero-order valence-electron chi connectivity index (χ0n) is 14.9. The van der Waals surface area contributed by atoms with Crippen LogP contribution in [0.2, 0.25) is 5.02 Å². The molecule has 0 atom stereocenters. The van der Waals surface area contributed by atoms with Gasteiger partial charge in [-0.3, -0.25) is 4.79 Å². The highest BCUT2D eigenvalue weighted by Crippen LogP contribution is 2.37. The molecule has 0 saturated carbocycles. The molecule has 4 aromatic rings. The number of aryl methyl sites for hydroxylation is 1. The second-order valence-corrected chi connectivity index (χ2v) is 7.65. The van der Waals surface area contributed by atoms with Gasteiger partial charge in [-0.1, -0.05) is 35.4 Å². The Labute approximate surface area is 165 Å². The van der Waals surface area contributed by atoms with Crippen molar-refractivity contribution in [2.24, 2.45) is 0 Å². The fourth-order valence-electron chi connectivity index (χ4n) is 3.15. The zero-order chi connectivity index (χ0) is 19.0. The average Bonchev–Trinajstić information content (AvgIpc) is 3.06. The number of benzene rings is 2. The predicted octanol–water partition coefficient (Wildman–Crippen LogP) is 5.21. The summed E-state index contributed by atoms with van der Waals surface area (Å²) in [6.07, 6.45) is 0.521. The summed E-state index contributed by atoms with van der Waals surface area (Å²) in [5.74, 6) is 1.36. The van der Waals surface area contributed by atoms with Gasteiger partial charge >= 0.3 is 0 Å². The van der Waals surface area contributed by atoms with Crippen LogP contribution in [0, 0.1) is 6.92 Å². The molecule has 1 N–H and O–H groups in total. The van der Waals surface area contributed by atoms with E-state index in [9.17, 15) is 4.79 Å². The molecule has 0 radical (unpaired) electrons. The summed E-state index contributed by atoms with van der Waals surface area (Å²) in [5.41, 5.74) is 3.71. The maximum Gasteiger partial charge on any atom is 0.260 e. The Kier molecular flexibility index (Phi) is 4.72. The highest BCUT2D eigenvalue weighted by molar-refractivity contribution is 7.17. The molecule has 0 bridgehead atoms. The first kappa shape index (κ1) is 17.8. The summed E-state index contributed by atoms with van der Waals surface area (Å²) >= 11 is 7.51. The van der Waals surface area contributed by atoms with Crippen molar-refractivity contribution in [2.45, 2.75) is 13.3 Å². The Hall–Kier alpha value is -2.63. The van der Waals surface area contributed by atoms with Gasteiger partial charge in [0.25, 0.3) is 5.56 Å². The van der Waals surface area contributed by atoms with Crippen LogP contribution in [0.25, 0.3) is 21.3 Å². The van der Waals surface area contributed by atoms with E-state index < -0.39 is 0 Å². The Morgan fingerprint density at radius 1 is 1.19 bits per heavy atom. The number of fused-ring (bicyclic) bond motifs is 1. The Morgan fingerprint density at radius 2 is 2.04 bits per heavy atom. The van der Waals surface area contributed by atoms with Crippen LogP contribution in [0.15, 0.2) is 52.6 Å². The highest BCUT2D eigenvalue weighted by atomic mass is 35.5. The van der Waals surface area contributed by atoms with Crippen molar-refractivity contribution in [2.75, 3.05) is 7.11 Å². The molecule has 4 rings (SSSR count). The number of hydrogen-bond donors (Lipinski definition) is 1. The Balaban J connectivity index is 1.81. The molecular weight excluding hydrogens is 380 g/mol. The minimum atomic E-state index is -0.142. The molecule has 0 aliphatic heterocycles. The molecule has 136 valence electrons. The fourth-order valence-corrected chi connectivity index (χ4v) is 4.32. The number of thiophene rings is 1. The molecule has 27 heavy (non-hydrogen) atoms. The average molecular weight is 397 g/mol. The lowest BCUT2D eigenvalue weighted by Gasteiger charge is -2.09. The quantitative estimate of drug-likeness (QED) is 0.515. The van der Waals surface area contributed by atoms with Crippen LogP contribution in [0.1, 0.15) is 17.0 Å². The summed E-state index contributed by atoms with van der Waals surface area (Å²) in [6, 6.07) is 13.5. The van der Waals surface area contributed by atoms with Crippen LogP contribution >= 0.6 is 22.9 Å². The van der Waals surface area contributed by atoms with Gasteiger partial charge in [0.15, 0.2) is 0 Å².